The van der Waals surface area contributed by atoms with Crippen molar-refractivity contribution >= 4 is 5.91 Å². The van der Waals surface area contributed by atoms with Crippen LogP contribution in [0, 0.1) is 5.92 Å². The minimum atomic E-state index is -0.0859. The molecule has 5 heteroatoms. The van der Waals surface area contributed by atoms with Gasteiger partial charge in [-0.15, -0.1) is 0 Å². The SMILES string of the molecule is CCOc1ccc(C(=O)NCCC(C)C)cc1COc1ccccc1OC. The first-order valence-corrected chi connectivity index (χ1v) is 9.34. The van der Waals surface area contributed by atoms with Gasteiger partial charge < -0.3 is 19.5 Å². The van der Waals surface area contributed by atoms with Gasteiger partial charge in [0.05, 0.1) is 13.7 Å². The highest BCUT2D eigenvalue weighted by Crippen LogP contribution is 2.28. The fourth-order valence-electron chi connectivity index (χ4n) is 2.60. The first kappa shape index (κ1) is 20.6. The molecule has 27 heavy (non-hydrogen) atoms. The van der Waals surface area contributed by atoms with E-state index < -0.39 is 0 Å². The van der Waals surface area contributed by atoms with E-state index in [0.29, 0.717) is 41.9 Å². The number of methoxy groups -OCH3 is 1. The van der Waals surface area contributed by atoms with Gasteiger partial charge in [0.2, 0.25) is 0 Å². The molecule has 0 unspecified atom stereocenters. The van der Waals surface area contributed by atoms with E-state index in [1.165, 1.54) is 0 Å². The predicted molar refractivity (Wildman–Crippen MR) is 107 cm³/mol. The Balaban J connectivity index is 2.13. The third-order valence-corrected chi connectivity index (χ3v) is 4.08. The van der Waals surface area contributed by atoms with Crippen LogP contribution in [0.2, 0.25) is 0 Å². The van der Waals surface area contributed by atoms with E-state index in [2.05, 4.69) is 19.2 Å². The van der Waals surface area contributed by atoms with Crippen LogP contribution in [0.3, 0.4) is 0 Å². The van der Waals surface area contributed by atoms with Gasteiger partial charge in [0, 0.05) is 17.7 Å². The summed E-state index contributed by atoms with van der Waals surface area (Å²) in [6.07, 6.45) is 0.951. The second-order valence-corrected chi connectivity index (χ2v) is 6.63. The van der Waals surface area contributed by atoms with Crippen LogP contribution in [0.1, 0.15) is 43.1 Å². The predicted octanol–water partition coefficient (Wildman–Crippen LogP) is 4.45. The van der Waals surface area contributed by atoms with Crippen molar-refractivity contribution in [1.29, 1.82) is 0 Å². The summed E-state index contributed by atoms with van der Waals surface area (Å²) in [6, 6.07) is 12.9. The molecule has 0 saturated heterocycles. The summed E-state index contributed by atoms with van der Waals surface area (Å²) < 4.78 is 16.9. The molecule has 0 aromatic heterocycles. The van der Waals surface area contributed by atoms with Crippen molar-refractivity contribution in [3.63, 3.8) is 0 Å². The zero-order valence-electron chi connectivity index (χ0n) is 16.6. The molecule has 5 nitrogen and oxygen atoms in total. The van der Waals surface area contributed by atoms with Gasteiger partial charge in [-0.1, -0.05) is 26.0 Å². The second-order valence-electron chi connectivity index (χ2n) is 6.63. The van der Waals surface area contributed by atoms with Gasteiger partial charge in [0.1, 0.15) is 12.4 Å². The van der Waals surface area contributed by atoms with Crippen LogP contribution < -0.4 is 19.5 Å². The quantitative estimate of drug-likeness (QED) is 0.670. The molecule has 2 aromatic rings. The number of para-hydroxylation sites is 2. The lowest BCUT2D eigenvalue weighted by molar-refractivity contribution is 0.0951. The van der Waals surface area contributed by atoms with Crippen LogP contribution in [0.25, 0.3) is 0 Å². The Kier molecular flexibility index (Phi) is 7.99. The molecule has 2 aromatic carbocycles. The molecule has 0 saturated carbocycles. The van der Waals surface area contributed by atoms with Gasteiger partial charge in [-0.25, -0.2) is 0 Å². The standard InChI is InChI=1S/C22H29NO4/c1-5-26-19-11-10-17(22(24)23-13-12-16(2)3)14-18(19)15-27-21-9-7-6-8-20(21)25-4/h6-11,14,16H,5,12-13,15H2,1-4H3,(H,23,24). The largest absolute Gasteiger partial charge is 0.493 e. The van der Waals surface area contributed by atoms with Crippen LogP contribution >= 0.6 is 0 Å². The van der Waals surface area contributed by atoms with Crippen molar-refractivity contribution < 1.29 is 19.0 Å². The number of carbonyl (C=O) groups is 1. The number of amides is 1. The highest BCUT2D eigenvalue weighted by molar-refractivity contribution is 5.94. The molecule has 0 radical (unpaired) electrons. The number of rotatable bonds is 10. The zero-order valence-corrected chi connectivity index (χ0v) is 16.6. The van der Waals surface area contributed by atoms with Crippen LogP contribution in [-0.2, 0) is 6.61 Å². The maximum atomic E-state index is 12.4. The van der Waals surface area contributed by atoms with Crippen LogP contribution in [0.15, 0.2) is 42.5 Å². The third-order valence-electron chi connectivity index (χ3n) is 4.08. The van der Waals surface area contributed by atoms with E-state index in [0.717, 1.165) is 12.0 Å². The van der Waals surface area contributed by atoms with Gasteiger partial charge in [0.25, 0.3) is 5.91 Å². The number of nitrogens with one attached hydrogen (secondary N) is 1. The summed E-state index contributed by atoms with van der Waals surface area (Å²) in [4.78, 5) is 12.4. The third kappa shape index (κ3) is 6.20. The molecule has 0 heterocycles. The molecule has 146 valence electrons. The molecule has 2 rings (SSSR count). The summed E-state index contributed by atoms with van der Waals surface area (Å²) in [5.74, 6) is 2.49. The molecule has 0 spiro atoms. The van der Waals surface area contributed by atoms with E-state index in [4.69, 9.17) is 14.2 Å². The Labute approximate surface area is 161 Å². The highest BCUT2D eigenvalue weighted by atomic mass is 16.5. The Morgan fingerprint density at radius 2 is 1.78 bits per heavy atom. The summed E-state index contributed by atoms with van der Waals surface area (Å²) in [5.41, 5.74) is 1.42. The monoisotopic (exact) mass is 371 g/mol. The topological polar surface area (TPSA) is 56.8 Å². The molecule has 0 fully saturated rings. The summed E-state index contributed by atoms with van der Waals surface area (Å²) in [7, 11) is 1.61. The van der Waals surface area contributed by atoms with E-state index >= 15 is 0 Å². The molecule has 1 N–H and O–H groups in total. The van der Waals surface area contributed by atoms with Crippen molar-refractivity contribution in [2.45, 2.75) is 33.8 Å². The lowest BCUT2D eigenvalue weighted by Gasteiger charge is -2.15. The molecular weight excluding hydrogens is 342 g/mol. The summed E-state index contributed by atoms with van der Waals surface area (Å²) >= 11 is 0. The number of carbonyl (C=O) groups excluding carboxylic acids is 1. The van der Waals surface area contributed by atoms with Crippen molar-refractivity contribution in [2.24, 2.45) is 5.92 Å². The van der Waals surface area contributed by atoms with E-state index in [9.17, 15) is 4.79 Å². The fraction of sp³-hybridized carbons (Fsp3) is 0.409. The van der Waals surface area contributed by atoms with Gasteiger partial charge in [0.15, 0.2) is 11.5 Å². The first-order valence-electron chi connectivity index (χ1n) is 9.34. The average Bonchev–Trinajstić information content (AvgIpc) is 2.67. The maximum Gasteiger partial charge on any atom is 0.251 e. The number of hydrogen-bond acceptors (Lipinski definition) is 4. The smallest absolute Gasteiger partial charge is 0.251 e. The van der Waals surface area contributed by atoms with Crippen LogP contribution in [-0.4, -0.2) is 26.2 Å². The van der Waals surface area contributed by atoms with E-state index in [1.807, 2.05) is 43.3 Å². The average molecular weight is 371 g/mol. The summed E-state index contributed by atoms with van der Waals surface area (Å²) in [5, 5.41) is 2.96. The normalized spacial score (nSPS) is 10.6. The van der Waals surface area contributed by atoms with Gasteiger partial charge in [-0.2, -0.15) is 0 Å². The molecule has 0 bridgehead atoms. The first-order chi connectivity index (χ1) is 13.0. The minimum absolute atomic E-state index is 0.0859. The Morgan fingerprint density at radius 3 is 2.44 bits per heavy atom. The van der Waals surface area contributed by atoms with Crippen molar-refractivity contribution in [2.75, 3.05) is 20.3 Å². The second kappa shape index (κ2) is 10.5. The van der Waals surface area contributed by atoms with E-state index in [-0.39, 0.29) is 12.5 Å². The maximum absolute atomic E-state index is 12.4. The lowest BCUT2D eigenvalue weighted by Crippen LogP contribution is -2.25. The van der Waals surface area contributed by atoms with Crippen LogP contribution in [0.4, 0.5) is 0 Å². The number of ether oxygens (including phenoxy) is 3. The summed E-state index contributed by atoms with van der Waals surface area (Å²) in [6.45, 7) is 7.69. The highest BCUT2D eigenvalue weighted by Gasteiger charge is 2.12. The Bertz CT molecular complexity index is 743. The lowest BCUT2D eigenvalue weighted by atomic mass is 10.1. The molecule has 0 aliphatic rings. The number of benzene rings is 2. The molecule has 0 aliphatic heterocycles. The van der Waals surface area contributed by atoms with Gasteiger partial charge in [-0.3, -0.25) is 4.79 Å². The molecular formula is C22H29NO4. The molecule has 1 amide bonds. The van der Waals surface area contributed by atoms with Gasteiger partial charge in [-0.05, 0) is 49.6 Å². The van der Waals surface area contributed by atoms with Gasteiger partial charge >= 0.3 is 0 Å². The fourth-order valence-corrected chi connectivity index (χ4v) is 2.60. The van der Waals surface area contributed by atoms with E-state index in [1.54, 1.807) is 13.2 Å². The molecule has 0 atom stereocenters. The van der Waals surface area contributed by atoms with Crippen LogP contribution in [0.5, 0.6) is 17.2 Å². The Morgan fingerprint density at radius 1 is 1.04 bits per heavy atom. The number of hydrogen-bond donors (Lipinski definition) is 1. The Hall–Kier alpha value is -2.69. The minimum Gasteiger partial charge on any atom is -0.493 e. The van der Waals surface area contributed by atoms with Crippen molar-refractivity contribution in [3.05, 3.63) is 53.6 Å². The van der Waals surface area contributed by atoms with Crippen molar-refractivity contribution in [1.82, 2.24) is 5.32 Å². The zero-order chi connectivity index (χ0) is 19.6. The molecule has 0 aliphatic carbocycles. The van der Waals surface area contributed by atoms with Crippen molar-refractivity contribution in [3.8, 4) is 17.2 Å².